The SMILES string of the molecule is COc1ccc(C#N)cc1CSc1ncns1. The van der Waals surface area contributed by atoms with Crippen LogP contribution in [0.5, 0.6) is 5.75 Å². The van der Waals surface area contributed by atoms with E-state index in [2.05, 4.69) is 15.4 Å². The maximum Gasteiger partial charge on any atom is 0.170 e. The molecule has 0 saturated carbocycles. The van der Waals surface area contributed by atoms with Crippen LogP contribution in [0.2, 0.25) is 0 Å². The topological polar surface area (TPSA) is 58.8 Å². The number of benzene rings is 1. The number of nitriles is 1. The molecule has 0 fully saturated rings. The Bertz CT molecular complexity index is 534. The second kappa shape index (κ2) is 5.66. The normalized spacial score (nSPS) is 9.88. The predicted molar refractivity (Wildman–Crippen MR) is 67.2 cm³/mol. The Balaban J connectivity index is 2.16. The molecule has 2 aromatic rings. The summed E-state index contributed by atoms with van der Waals surface area (Å²) in [4.78, 5) is 4.09. The maximum atomic E-state index is 8.86. The van der Waals surface area contributed by atoms with Gasteiger partial charge >= 0.3 is 0 Å². The molecular weight excluding hydrogens is 254 g/mol. The number of ether oxygens (including phenoxy) is 1. The summed E-state index contributed by atoms with van der Waals surface area (Å²) >= 11 is 2.95. The van der Waals surface area contributed by atoms with Gasteiger partial charge in [0.05, 0.1) is 18.7 Å². The standard InChI is InChI=1S/C11H9N3OS2/c1-15-10-3-2-8(5-12)4-9(10)6-16-11-13-7-14-17-11/h2-4,7H,6H2,1H3. The predicted octanol–water partition coefficient (Wildman–Crippen LogP) is 2.71. The zero-order valence-corrected chi connectivity index (χ0v) is 10.7. The van der Waals surface area contributed by atoms with Gasteiger partial charge in [0, 0.05) is 11.3 Å². The average molecular weight is 263 g/mol. The van der Waals surface area contributed by atoms with E-state index in [0.29, 0.717) is 11.3 Å². The van der Waals surface area contributed by atoms with Crippen molar-refractivity contribution < 1.29 is 4.74 Å². The van der Waals surface area contributed by atoms with Crippen molar-refractivity contribution >= 4 is 23.3 Å². The van der Waals surface area contributed by atoms with E-state index < -0.39 is 0 Å². The number of nitrogens with zero attached hydrogens (tertiary/aromatic N) is 3. The molecule has 0 aliphatic heterocycles. The second-order valence-electron chi connectivity index (χ2n) is 3.13. The Morgan fingerprint density at radius 3 is 3.06 bits per heavy atom. The van der Waals surface area contributed by atoms with Gasteiger partial charge in [-0.15, -0.1) is 0 Å². The highest BCUT2D eigenvalue weighted by Crippen LogP contribution is 2.28. The maximum absolute atomic E-state index is 8.86. The molecule has 1 aromatic carbocycles. The van der Waals surface area contributed by atoms with Crippen LogP contribution in [0.4, 0.5) is 0 Å². The van der Waals surface area contributed by atoms with Crippen molar-refractivity contribution in [2.45, 2.75) is 10.1 Å². The highest BCUT2D eigenvalue weighted by atomic mass is 32.2. The third-order valence-corrected chi connectivity index (χ3v) is 3.95. The largest absolute Gasteiger partial charge is 0.496 e. The summed E-state index contributed by atoms with van der Waals surface area (Å²) in [6.45, 7) is 0. The zero-order chi connectivity index (χ0) is 12.1. The molecule has 0 spiro atoms. The first-order valence-corrected chi connectivity index (χ1v) is 6.56. The number of methoxy groups -OCH3 is 1. The van der Waals surface area contributed by atoms with Crippen LogP contribution in [0.3, 0.4) is 0 Å². The number of rotatable bonds is 4. The first kappa shape index (κ1) is 11.9. The van der Waals surface area contributed by atoms with Gasteiger partial charge in [-0.25, -0.2) is 4.98 Å². The summed E-state index contributed by atoms with van der Waals surface area (Å²) in [5, 5.41) is 8.86. The van der Waals surface area contributed by atoms with E-state index in [0.717, 1.165) is 15.7 Å². The number of aromatic nitrogens is 2. The molecular formula is C11H9N3OS2. The van der Waals surface area contributed by atoms with Crippen molar-refractivity contribution in [2.75, 3.05) is 7.11 Å². The minimum absolute atomic E-state index is 0.638. The van der Waals surface area contributed by atoms with Crippen molar-refractivity contribution in [2.24, 2.45) is 0 Å². The van der Waals surface area contributed by atoms with Gasteiger partial charge in [-0.3, -0.25) is 0 Å². The first-order valence-electron chi connectivity index (χ1n) is 4.80. The van der Waals surface area contributed by atoms with Crippen molar-refractivity contribution in [1.29, 1.82) is 5.26 Å². The summed E-state index contributed by atoms with van der Waals surface area (Å²) in [7, 11) is 1.63. The highest BCUT2D eigenvalue weighted by molar-refractivity contribution is 8.00. The fourth-order valence-corrected chi connectivity index (χ4v) is 2.75. The molecule has 0 saturated heterocycles. The van der Waals surface area contributed by atoms with Gasteiger partial charge in [-0.2, -0.15) is 9.64 Å². The van der Waals surface area contributed by atoms with E-state index in [9.17, 15) is 0 Å². The second-order valence-corrected chi connectivity index (χ2v) is 5.14. The van der Waals surface area contributed by atoms with Crippen LogP contribution in [0.25, 0.3) is 0 Å². The minimum atomic E-state index is 0.638. The first-order chi connectivity index (χ1) is 8.33. The third kappa shape index (κ3) is 2.96. The van der Waals surface area contributed by atoms with Gasteiger partial charge in [-0.1, -0.05) is 11.8 Å². The van der Waals surface area contributed by atoms with Gasteiger partial charge in [0.1, 0.15) is 12.1 Å². The van der Waals surface area contributed by atoms with Crippen LogP contribution in [0.15, 0.2) is 28.9 Å². The molecule has 1 heterocycles. The van der Waals surface area contributed by atoms with Gasteiger partial charge in [0.2, 0.25) is 0 Å². The highest BCUT2D eigenvalue weighted by Gasteiger charge is 2.06. The van der Waals surface area contributed by atoms with E-state index in [-0.39, 0.29) is 0 Å². The van der Waals surface area contributed by atoms with Crippen LogP contribution in [-0.4, -0.2) is 16.5 Å². The van der Waals surface area contributed by atoms with Crippen LogP contribution in [0.1, 0.15) is 11.1 Å². The molecule has 0 unspecified atom stereocenters. The number of hydrogen-bond donors (Lipinski definition) is 0. The molecule has 2 rings (SSSR count). The quantitative estimate of drug-likeness (QED) is 0.794. The Kier molecular flexibility index (Phi) is 3.96. The summed E-state index contributed by atoms with van der Waals surface area (Å²) < 4.78 is 10.1. The lowest BCUT2D eigenvalue weighted by Crippen LogP contribution is -1.91. The fraction of sp³-hybridized carbons (Fsp3) is 0.182. The van der Waals surface area contributed by atoms with E-state index in [1.165, 1.54) is 17.9 Å². The lowest BCUT2D eigenvalue weighted by Gasteiger charge is -2.07. The Hall–Kier alpha value is -1.58. The van der Waals surface area contributed by atoms with Crippen molar-refractivity contribution in [1.82, 2.24) is 9.36 Å². The van der Waals surface area contributed by atoms with Crippen LogP contribution in [0, 0.1) is 11.3 Å². The zero-order valence-electron chi connectivity index (χ0n) is 9.08. The molecule has 1 aromatic heterocycles. The van der Waals surface area contributed by atoms with Crippen LogP contribution >= 0.6 is 23.3 Å². The summed E-state index contributed by atoms with van der Waals surface area (Å²) in [6, 6.07) is 7.52. The molecule has 0 amide bonds. The molecule has 6 heteroatoms. The average Bonchev–Trinajstić information content (AvgIpc) is 2.89. The molecule has 0 N–H and O–H groups in total. The molecule has 0 radical (unpaired) electrons. The summed E-state index contributed by atoms with van der Waals surface area (Å²) in [5.41, 5.74) is 1.63. The van der Waals surface area contributed by atoms with Crippen molar-refractivity contribution in [3.05, 3.63) is 35.7 Å². The van der Waals surface area contributed by atoms with Crippen LogP contribution < -0.4 is 4.74 Å². The van der Waals surface area contributed by atoms with E-state index in [1.807, 2.05) is 12.1 Å². The number of hydrogen-bond acceptors (Lipinski definition) is 6. The summed E-state index contributed by atoms with van der Waals surface area (Å²) in [6.07, 6.45) is 1.54. The lowest BCUT2D eigenvalue weighted by atomic mass is 10.1. The fourth-order valence-electron chi connectivity index (χ4n) is 1.33. The molecule has 0 aliphatic carbocycles. The van der Waals surface area contributed by atoms with Crippen molar-refractivity contribution in [3.8, 4) is 11.8 Å². The molecule has 4 nitrogen and oxygen atoms in total. The molecule has 86 valence electrons. The van der Waals surface area contributed by atoms with E-state index in [1.54, 1.807) is 24.9 Å². The molecule has 0 aliphatic rings. The molecule has 0 bridgehead atoms. The Labute approximate surface area is 107 Å². The smallest absolute Gasteiger partial charge is 0.170 e. The summed E-state index contributed by atoms with van der Waals surface area (Å²) in [5.74, 6) is 1.51. The van der Waals surface area contributed by atoms with Gasteiger partial charge in [0.25, 0.3) is 0 Å². The van der Waals surface area contributed by atoms with Crippen molar-refractivity contribution in [3.63, 3.8) is 0 Å². The Morgan fingerprint density at radius 2 is 2.41 bits per heavy atom. The third-order valence-electron chi connectivity index (χ3n) is 2.10. The van der Waals surface area contributed by atoms with Crippen LogP contribution in [-0.2, 0) is 5.75 Å². The monoisotopic (exact) mass is 263 g/mol. The molecule has 0 atom stereocenters. The van der Waals surface area contributed by atoms with Gasteiger partial charge < -0.3 is 4.74 Å². The lowest BCUT2D eigenvalue weighted by molar-refractivity contribution is 0.411. The van der Waals surface area contributed by atoms with E-state index >= 15 is 0 Å². The van der Waals surface area contributed by atoms with Gasteiger partial charge in [-0.05, 0) is 29.7 Å². The molecule has 17 heavy (non-hydrogen) atoms. The van der Waals surface area contributed by atoms with Gasteiger partial charge in [0.15, 0.2) is 4.34 Å². The van der Waals surface area contributed by atoms with E-state index in [4.69, 9.17) is 10.00 Å². The Morgan fingerprint density at radius 1 is 1.53 bits per heavy atom. The minimum Gasteiger partial charge on any atom is -0.496 e. The number of thioether (sulfide) groups is 1.